The number of nitrogens with zero attached hydrogens (tertiary/aromatic N) is 2. The zero-order valence-corrected chi connectivity index (χ0v) is 13.8. The number of thioether (sulfide) groups is 1. The summed E-state index contributed by atoms with van der Waals surface area (Å²) in [6, 6.07) is 7.31. The molecule has 2 aromatic rings. The lowest BCUT2D eigenvalue weighted by Gasteiger charge is -2.16. The quantitative estimate of drug-likeness (QED) is 0.655. The van der Waals surface area contributed by atoms with Crippen molar-refractivity contribution < 1.29 is 9.84 Å². The molecule has 2 rings (SSSR count). The summed E-state index contributed by atoms with van der Waals surface area (Å²) < 4.78 is 6.88. The molecule has 0 bridgehead atoms. The molecule has 0 atom stereocenters. The predicted molar refractivity (Wildman–Crippen MR) is 88.4 cm³/mol. The van der Waals surface area contributed by atoms with Gasteiger partial charge in [0.2, 0.25) is 5.88 Å². The second-order valence-corrected chi connectivity index (χ2v) is 5.77. The Morgan fingerprint density at radius 1 is 1.32 bits per heavy atom. The molecule has 0 radical (unpaired) electrons. The van der Waals surface area contributed by atoms with Crippen LogP contribution in [-0.4, -0.2) is 27.5 Å². The van der Waals surface area contributed by atoms with Gasteiger partial charge in [-0.05, 0) is 25.0 Å². The van der Waals surface area contributed by atoms with Crippen molar-refractivity contribution in [3.05, 3.63) is 40.2 Å². The van der Waals surface area contributed by atoms with Crippen molar-refractivity contribution in [1.82, 2.24) is 9.55 Å². The second kappa shape index (κ2) is 7.35. The second-order valence-electron chi connectivity index (χ2n) is 4.71. The molecule has 0 aliphatic heterocycles. The van der Waals surface area contributed by atoms with Gasteiger partial charge in [-0.1, -0.05) is 37.7 Å². The normalized spacial score (nSPS) is 10.7. The zero-order chi connectivity index (χ0) is 16.1. The van der Waals surface area contributed by atoms with Gasteiger partial charge in [-0.3, -0.25) is 9.36 Å². The van der Waals surface area contributed by atoms with Gasteiger partial charge in [-0.2, -0.15) is 4.98 Å². The highest BCUT2D eigenvalue weighted by atomic mass is 32.2. The molecule has 1 heterocycles. The number of aromatic hydroxyl groups is 1. The molecule has 0 saturated carbocycles. The smallest absolute Gasteiger partial charge is 0.265 e. The first-order valence-corrected chi connectivity index (χ1v) is 8.23. The van der Waals surface area contributed by atoms with E-state index < -0.39 is 0 Å². The van der Waals surface area contributed by atoms with Crippen molar-refractivity contribution in [1.29, 1.82) is 0 Å². The first-order valence-electron chi connectivity index (χ1n) is 7.25. The van der Waals surface area contributed by atoms with Crippen molar-refractivity contribution in [3.8, 4) is 17.3 Å². The lowest BCUT2D eigenvalue weighted by molar-refractivity contribution is 0.408. The highest BCUT2D eigenvalue weighted by molar-refractivity contribution is 7.99. The SMILES string of the molecule is CCCSc1nc(O)c(CC)c(=O)n1-c1ccccc1OC. The third kappa shape index (κ3) is 3.11. The summed E-state index contributed by atoms with van der Waals surface area (Å²) in [5.74, 6) is 1.22. The van der Waals surface area contributed by atoms with Crippen LogP contribution in [0.15, 0.2) is 34.2 Å². The lowest BCUT2D eigenvalue weighted by Crippen LogP contribution is -2.25. The summed E-state index contributed by atoms with van der Waals surface area (Å²) >= 11 is 1.44. The number of hydrogen-bond donors (Lipinski definition) is 1. The molecule has 0 fully saturated rings. The fourth-order valence-corrected chi connectivity index (χ4v) is 3.00. The molecule has 22 heavy (non-hydrogen) atoms. The van der Waals surface area contributed by atoms with Gasteiger partial charge in [0, 0.05) is 5.75 Å². The van der Waals surface area contributed by atoms with Crippen LogP contribution in [0, 0.1) is 0 Å². The average Bonchev–Trinajstić information content (AvgIpc) is 2.53. The van der Waals surface area contributed by atoms with E-state index in [1.54, 1.807) is 13.2 Å². The van der Waals surface area contributed by atoms with E-state index in [-0.39, 0.29) is 11.4 Å². The number of ether oxygens (including phenoxy) is 1. The maximum absolute atomic E-state index is 12.8. The molecule has 0 unspecified atom stereocenters. The van der Waals surface area contributed by atoms with E-state index in [4.69, 9.17) is 4.74 Å². The van der Waals surface area contributed by atoms with Crippen molar-refractivity contribution >= 4 is 11.8 Å². The molecule has 6 heteroatoms. The molecule has 0 spiro atoms. The standard InChI is InChI=1S/C16H20N2O3S/c1-4-10-22-16-17-14(19)11(5-2)15(20)18(16)12-8-6-7-9-13(12)21-3/h6-9,19H,4-5,10H2,1-3H3. The van der Waals surface area contributed by atoms with E-state index >= 15 is 0 Å². The minimum absolute atomic E-state index is 0.183. The first kappa shape index (κ1) is 16.4. The topological polar surface area (TPSA) is 64.4 Å². The number of methoxy groups -OCH3 is 1. The predicted octanol–water partition coefficient (Wildman–Crippen LogP) is 3.01. The Morgan fingerprint density at radius 2 is 2.05 bits per heavy atom. The van der Waals surface area contributed by atoms with Crippen LogP contribution in [0.5, 0.6) is 11.6 Å². The lowest BCUT2D eigenvalue weighted by atomic mass is 10.2. The monoisotopic (exact) mass is 320 g/mol. The molecule has 0 aliphatic carbocycles. The molecule has 1 aromatic carbocycles. The first-order chi connectivity index (χ1) is 10.6. The average molecular weight is 320 g/mol. The number of rotatable bonds is 6. The van der Waals surface area contributed by atoms with E-state index in [1.165, 1.54) is 16.3 Å². The van der Waals surface area contributed by atoms with E-state index in [0.717, 1.165) is 12.2 Å². The van der Waals surface area contributed by atoms with Crippen LogP contribution in [0.4, 0.5) is 0 Å². The van der Waals surface area contributed by atoms with Gasteiger partial charge >= 0.3 is 0 Å². The highest BCUT2D eigenvalue weighted by Crippen LogP contribution is 2.27. The maximum atomic E-state index is 12.8. The molecular formula is C16H20N2O3S. The summed E-state index contributed by atoms with van der Waals surface area (Å²) in [4.78, 5) is 17.0. The number of para-hydroxylation sites is 2. The van der Waals surface area contributed by atoms with Gasteiger partial charge in [0.25, 0.3) is 5.56 Å². The fraction of sp³-hybridized carbons (Fsp3) is 0.375. The van der Waals surface area contributed by atoms with Crippen molar-refractivity contribution in [2.45, 2.75) is 31.8 Å². The third-order valence-corrected chi connectivity index (χ3v) is 4.38. The van der Waals surface area contributed by atoms with Crippen molar-refractivity contribution in [2.75, 3.05) is 12.9 Å². The Bertz CT molecular complexity index is 713. The van der Waals surface area contributed by atoms with Crippen molar-refractivity contribution in [2.24, 2.45) is 0 Å². The number of benzene rings is 1. The summed E-state index contributed by atoms with van der Waals surface area (Å²) in [5.41, 5.74) is 0.695. The van der Waals surface area contributed by atoms with Gasteiger partial charge in [0.05, 0.1) is 18.4 Å². The largest absolute Gasteiger partial charge is 0.495 e. The number of hydrogen-bond acceptors (Lipinski definition) is 5. The maximum Gasteiger partial charge on any atom is 0.265 e. The minimum atomic E-state index is -0.252. The van der Waals surface area contributed by atoms with Crippen LogP contribution >= 0.6 is 11.8 Å². The Balaban J connectivity index is 2.73. The fourth-order valence-electron chi connectivity index (χ4n) is 2.15. The van der Waals surface area contributed by atoms with Gasteiger partial charge in [0.15, 0.2) is 5.16 Å². The van der Waals surface area contributed by atoms with Crippen LogP contribution in [0.25, 0.3) is 5.69 Å². The molecule has 0 amide bonds. The minimum Gasteiger partial charge on any atom is -0.495 e. The van der Waals surface area contributed by atoms with Crippen molar-refractivity contribution in [3.63, 3.8) is 0 Å². The molecule has 0 saturated heterocycles. The summed E-state index contributed by atoms with van der Waals surface area (Å²) in [5, 5.41) is 10.5. The molecular weight excluding hydrogens is 300 g/mol. The molecule has 5 nitrogen and oxygen atoms in total. The third-order valence-electron chi connectivity index (χ3n) is 3.24. The van der Waals surface area contributed by atoms with E-state index in [2.05, 4.69) is 11.9 Å². The molecule has 1 aromatic heterocycles. The number of aromatic nitrogens is 2. The van der Waals surface area contributed by atoms with Gasteiger partial charge in [-0.15, -0.1) is 0 Å². The highest BCUT2D eigenvalue weighted by Gasteiger charge is 2.18. The van der Waals surface area contributed by atoms with Crippen LogP contribution in [0.1, 0.15) is 25.8 Å². The Morgan fingerprint density at radius 3 is 2.68 bits per heavy atom. The zero-order valence-electron chi connectivity index (χ0n) is 13.0. The summed E-state index contributed by atoms with van der Waals surface area (Å²) in [7, 11) is 1.57. The van der Waals surface area contributed by atoms with Crippen LogP contribution in [0.2, 0.25) is 0 Å². The van der Waals surface area contributed by atoms with Gasteiger partial charge < -0.3 is 9.84 Å². The molecule has 0 aliphatic rings. The summed E-state index contributed by atoms with van der Waals surface area (Å²) in [6.07, 6.45) is 1.37. The van der Waals surface area contributed by atoms with Gasteiger partial charge in [0.1, 0.15) is 5.75 Å². The summed E-state index contributed by atoms with van der Waals surface area (Å²) in [6.45, 7) is 3.88. The molecule has 1 N–H and O–H groups in total. The van der Waals surface area contributed by atoms with Crippen LogP contribution in [0.3, 0.4) is 0 Å². The molecule has 118 valence electrons. The van der Waals surface area contributed by atoms with Crippen LogP contribution in [-0.2, 0) is 6.42 Å². The van der Waals surface area contributed by atoms with E-state index in [0.29, 0.717) is 28.6 Å². The van der Waals surface area contributed by atoms with Crippen LogP contribution < -0.4 is 10.3 Å². The Kier molecular flexibility index (Phi) is 5.49. The van der Waals surface area contributed by atoms with Gasteiger partial charge in [-0.25, -0.2) is 0 Å². The van der Waals surface area contributed by atoms with E-state index in [1.807, 2.05) is 25.1 Å². The van der Waals surface area contributed by atoms with E-state index in [9.17, 15) is 9.90 Å². The Hall–Kier alpha value is -1.95. The Labute approximate surface area is 134 Å².